The molecule has 5 aromatic carbocycles. The van der Waals surface area contributed by atoms with Crippen LogP contribution in [0.3, 0.4) is 0 Å². The number of para-hydroxylation sites is 3. The highest BCUT2D eigenvalue weighted by Gasteiger charge is 2.63. The lowest BCUT2D eigenvalue weighted by Crippen LogP contribution is -2.62. The fourth-order valence-electron chi connectivity index (χ4n) is 6.15. The summed E-state index contributed by atoms with van der Waals surface area (Å²) in [6.07, 6.45) is 1.38. The van der Waals surface area contributed by atoms with Crippen LogP contribution in [0.2, 0.25) is 0 Å². The van der Waals surface area contributed by atoms with E-state index in [1.165, 1.54) is 12.7 Å². The van der Waals surface area contributed by atoms with E-state index in [1.54, 1.807) is 11.8 Å². The normalized spacial score (nSPS) is 18.3. The Labute approximate surface area is 279 Å². The number of benzene rings is 5. The van der Waals surface area contributed by atoms with Gasteiger partial charge in [-0.2, -0.15) is 5.10 Å². The topological polar surface area (TPSA) is 57.5 Å². The number of nitrogens with zero attached hydrogens (tertiary/aromatic N) is 4. The number of hydrogen-bond donors (Lipinski definition) is 0. The second kappa shape index (κ2) is 13.1. The van der Waals surface area contributed by atoms with Gasteiger partial charge in [0.1, 0.15) is 10.6 Å². The van der Waals surface area contributed by atoms with Crippen molar-refractivity contribution in [2.24, 2.45) is 10.1 Å². The largest absolute Gasteiger partial charge is 0.466 e. The number of ether oxygens (including phenoxy) is 1. The second-order valence-corrected chi connectivity index (χ2v) is 12.5. The second-order valence-electron chi connectivity index (χ2n) is 11.4. The number of carbonyl (C=O) groups is 1. The van der Waals surface area contributed by atoms with Gasteiger partial charge in [0.15, 0.2) is 5.84 Å². The van der Waals surface area contributed by atoms with Crippen molar-refractivity contribution < 1.29 is 9.53 Å². The van der Waals surface area contributed by atoms with Crippen LogP contribution in [-0.4, -0.2) is 29.6 Å². The molecule has 2 aliphatic heterocycles. The number of carbonyl (C=O) groups excluding carboxylic acids is 1. The Morgan fingerprint density at radius 3 is 1.94 bits per heavy atom. The number of amidine groups is 1. The van der Waals surface area contributed by atoms with E-state index < -0.39 is 11.6 Å². The molecule has 2 heterocycles. The molecule has 7 rings (SSSR count). The Morgan fingerprint density at radius 2 is 1.32 bits per heavy atom. The Kier molecular flexibility index (Phi) is 8.46. The summed E-state index contributed by atoms with van der Waals surface area (Å²) in [6.45, 7) is 2.07. The number of hydrogen-bond acceptors (Lipinski definition) is 7. The highest BCUT2D eigenvalue weighted by Crippen LogP contribution is 2.54. The maximum Gasteiger partial charge on any atom is 0.339 e. The van der Waals surface area contributed by atoms with Gasteiger partial charge in [0.05, 0.1) is 18.5 Å². The molecule has 1 atom stereocenters. The number of methoxy groups -OCH3 is 1. The lowest BCUT2D eigenvalue weighted by atomic mass is 9.93. The first kappa shape index (κ1) is 30.3. The molecule has 0 aliphatic carbocycles. The third-order valence-corrected chi connectivity index (χ3v) is 9.59. The zero-order chi connectivity index (χ0) is 32.2. The quantitative estimate of drug-likeness (QED) is 0.160. The summed E-state index contributed by atoms with van der Waals surface area (Å²) in [7, 11) is 1.45. The summed E-state index contributed by atoms with van der Waals surface area (Å²) in [6, 6.07) is 48.7. The summed E-state index contributed by atoms with van der Waals surface area (Å²) in [5.74, 6) is 0.285. The van der Waals surface area contributed by atoms with E-state index in [2.05, 4.69) is 60.4 Å². The van der Waals surface area contributed by atoms with Crippen LogP contribution in [0.4, 0.5) is 17.1 Å². The van der Waals surface area contributed by atoms with Gasteiger partial charge in [-0.1, -0.05) is 127 Å². The van der Waals surface area contributed by atoms with Gasteiger partial charge >= 0.3 is 5.97 Å². The molecule has 1 unspecified atom stereocenters. The first-order valence-corrected chi connectivity index (χ1v) is 16.5. The smallest absolute Gasteiger partial charge is 0.339 e. The van der Waals surface area contributed by atoms with Crippen LogP contribution in [0.1, 0.15) is 23.1 Å². The van der Waals surface area contributed by atoms with Crippen LogP contribution in [0, 0.1) is 6.92 Å². The number of allylic oxidation sites excluding steroid dienone is 1. The van der Waals surface area contributed by atoms with Crippen molar-refractivity contribution >= 4 is 45.7 Å². The SMILES string of the molecule is COC(=O)C1=C(CCc2ccccc2)SC(=Nc2ccccc2)C12N(c1ccccc1)N=C(c1ccc(C)cc1)N2c1ccccc1. The average Bonchev–Trinajstić information content (AvgIpc) is 3.64. The third-order valence-electron chi connectivity index (χ3n) is 8.37. The molecule has 0 radical (unpaired) electrons. The van der Waals surface area contributed by atoms with Crippen molar-refractivity contribution in [2.75, 3.05) is 17.0 Å². The van der Waals surface area contributed by atoms with Gasteiger partial charge < -0.3 is 4.74 Å². The lowest BCUT2D eigenvalue weighted by Gasteiger charge is -2.42. The number of thioether (sulfide) groups is 1. The Hall–Kier alpha value is -5.40. The first-order valence-electron chi connectivity index (χ1n) is 15.6. The van der Waals surface area contributed by atoms with Crippen LogP contribution in [-0.2, 0) is 16.0 Å². The molecule has 6 nitrogen and oxygen atoms in total. The molecule has 7 heteroatoms. The number of esters is 1. The predicted octanol–water partition coefficient (Wildman–Crippen LogP) is 8.92. The Bertz CT molecular complexity index is 1960. The fourth-order valence-corrected chi connectivity index (χ4v) is 7.49. The maximum absolute atomic E-state index is 14.4. The van der Waals surface area contributed by atoms with E-state index >= 15 is 0 Å². The molecule has 0 bridgehead atoms. The zero-order valence-corrected chi connectivity index (χ0v) is 27.1. The lowest BCUT2D eigenvalue weighted by molar-refractivity contribution is -0.136. The van der Waals surface area contributed by atoms with Gasteiger partial charge in [0, 0.05) is 16.2 Å². The highest BCUT2D eigenvalue weighted by molar-refractivity contribution is 8.18. The number of hydrazone groups is 1. The Balaban J connectivity index is 1.55. The van der Waals surface area contributed by atoms with Gasteiger partial charge in [-0.3, -0.25) is 4.90 Å². The maximum atomic E-state index is 14.4. The van der Waals surface area contributed by atoms with Crippen molar-refractivity contribution in [1.29, 1.82) is 0 Å². The molecular weight excluding hydrogens is 601 g/mol. The predicted molar refractivity (Wildman–Crippen MR) is 193 cm³/mol. The average molecular weight is 635 g/mol. The Morgan fingerprint density at radius 1 is 0.745 bits per heavy atom. The number of aliphatic imine (C=N–C) groups is 1. The minimum atomic E-state index is -1.29. The summed E-state index contributed by atoms with van der Waals surface area (Å²) in [5, 5.41) is 8.08. The molecule has 0 fully saturated rings. The van der Waals surface area contributed by atoms with Crippen LogP contribution in [0.15, 0.2) is 166 Å². The van der Waals surface area contributed by atoms with Gasteiger partial charge in [0.25, 0.3) is 0 Å². The van der Waals surface area contributed by atoms with Crippen LogP contribution >= 0.6 is 11.8 Å². The summed E-state index contributed by atoms with van der Waals surface area (Å²) >= 11 is 1.54. The van der Waals surface area contributed by atoms with Gasteiger partial charge in [-0.05, 0) is 61.7 Å². The summed E-state index contributed by atoms with van der Waals surface area (Å²) in [4.78, 5) is 22.8. The zero-order valence-electron chi connectivity index (χ0n) is 26.3. The van der Waals surface area contributed by atoms with E-state index in [0.29, 0.717) is 22.9 Å². The minimum absolute atomic E-state index is 0.416. The third kappa shape index (κ3) is 5.64. The molecule has 0 amide bonds. The molecule has 0 aromatic heterocycles. The number of rotatable bonds is 8. The standard InChI is InChI=1S/C40H34N4O2S/c1-29-23-26-31(27-24-29)37-42-44(34-21-13-6-14-22-34)40(43(37)33-19-11-5-12-20-33)36(38(45)46-2)35(28-25-30-15-7-3-8-16-30)47-39(40)41-32-17-9-4-10-18-32/h3-24,26-27H,25,28H2,1-2H3. The van der Waals surface area contributed by atoms with E-state index in [1.807, 2.05) is 102 Å². The van der Waals surface area contributed by atoms with Gasteiger partial charge in [-0.25, -0.2) is 14.8 Å². The first-order chi connectivity index (χ1) is 23.1. The van der Waals surface area contributed by atoms with E-state index in [9.17, 15) is 4.79 Å². The molecule has 1 spiro atoms. The van der Waals surface area contributed by atoms with Crippen LogP contribution < -0.4 is 9.91 Å². The number of anilines is 2. The van der Waals surface area contributed by atoms with E-state index in [-0.39, 0.29) is 0 Å². The molecule has 2 aliphatic rings. The number of aryl methyl sites for hydroxylation is 2. The fraction of sp³-hybridized carbons (Fsp3) is 0.125. The molecule has 47 heavy (non-hydrogen) atoms. The van der Waals surface area contributed by atoms with E-state index in [4.69, 9.17) is 14.8 Å². The molecule has 232 valence electrons. The monoisotopic (exact) mass is 634 g/mol. The van der Waals surface area contributed by atoms with Crippen molar-refractivity contribution in [3.05, 3.63) is 173 Å². The van der Waals surface area contributed by atoms with Crippen LogP contribution in [0.5, 0.6) is 0 Å². The van der Waals surface area contributed by atoms with Crippen molar-refractivity contribution in [3.63, 3.8) is 0 Å². The summed E-state index contributed by atoms with van der Waals surface area (Å²) in [5.41, 5.74) is 4.96. The molecule has 0 N–H and O–H groups in total. The molecule has 0 saturated carbocycles. The molecular formula is C40H34N4O2S. The molecule has 5 aromatic rings. The highest BCUT2D eigenvalue weighted by atomic mass is 32.2. The van der Waals surface area contributed by atoms with Gasteiger partial charge in [0.2, 0.25) is 5.66 Å². The van der Waals surface area contributed by atoms with Crippen molar-refractivity contribution in [2.45, 2.75) is 25.4 Å². The summed E-state index contributed by atoms with van der Waals surface area (Å²) < 4.78 is 5.66. The van der Waals surface area contributed by atoms with Crippen molar-refractivity contribution in [3.8, 4) is 0 Å². The van der Waals surface area contributed by atoms with Gasteiger partial charge in [-0.15, -0.1) is 0 Å². The van der Waals surface area contributed by atoms with Crippen LogP contribution in [0.25, 0.3) is 0 Å². The van der Waals surface area contributed by atoms with Crippen molar-refractivity contribution in [1.82, 2.24) is 0 Å². The minimum Gasteiger partial charge on any atom is -0.466 e. The molecule has 0 saturated heterocycles. The van der Waals surface area contributed by atoms with E-state index in [0.717, 1.165) is 39.5 Å².